The maximum absolute atomic E-state index is 13.1. The lowest BCUT2D eigenvalue weighted by Gasteiger charge is -2.35. The van der Waals surface area contributed by atoms with Gasteiger partial charge in [0, 0.05) is 36.7 Å². The number of para-hydroxylation sites is 1. The fourth-order valence-corrected chi connectivity index (χ4v) is 7.60. The number of rotatable bonds is 7. The van der Waals surface area contributed by atoms with Crippen LogP contribution in [0.25, 0.3) is 0 Å². The molecule has 0 saturated carbocycles. The smallest absolute Gasteiger partial charge is 0.293 e. The molecular weight excluding hydrogens is 631 g/mol. The van der Waals surface area contributed by atoms with Gasteiger partial charge in [-0.05, 0) is 42.5 Å². The summed E-state index contributed by atoms with van der Waals surface area (Å²) in [6.45, 7) is 0.413. The number of anilines is 2. The number of nitrogens with one attached hydrogen (secondary N) is 1. The van der Waals surface area contributed by atoms with E-state index in [4.69, 9.17) is 23.2 Å². The molecule has 1 N–H and O–H groups in total. The van der Waals surface area contributed by atoms with Gasteiger partial charge in [-0.25, -0.2) is 16.8 Å². The molecule has 3 aromatic rings. The van der Waals surface area contributed by atoms with Gasteiger partial charge in [-0.3, -0.25) is 14.8 Å². The molecule has 0 aliphatic carbocycles. The van der Waals surface area contributed by atoms with Gasteiger partial charge in [-0.15, -0.1) is 0 Å². The largest absolute Gasteiger partial charge is 0.363 e. The highest BCUT2D eigenvalue weighted by molar-refractivity contribution is 9.10. The highest BCUT2D eigenvalue weighted by Gasteiger charge is 2.32. The maximum Gasteiger partial charge on any atom is 0.293 e. The molecule has 0 radical (unpaired) electrons. The van der Waals surface area contributed by atoms with Crippen molar-refractivity contribution in [2.75, 3.05) is 35.8 Å². The average Bonchev–Trinajstić information content (AvgIpc) is 2.85. The standard InChI is InChI=1S/C22H19BrCl2N4O6S2/c23-15-5-8-22(18(25)13-15)37(34,35)28-11-9-27(10-12-28)20-7-6-16(14-21(20)29(30)31)36(32,33)26-19-4-2-1-3-17(19)24/h1-8,13-14,26H,9-12H2. The Balaban J connectivity index is 1.56. The molecular formula is C22H19BrCl2N4O6S2. The van der Waals surface area contributed by atoms with Crippen molar-refractivity contribution in [1.82, 2.24) is 4.31 Å². The third-order valence-electron chi connectivity index (χ3n) is 5.66. The number of halogens is 3. The molecule has 0 bridgehead atoms. The van der Waals surface area contributed by atoms with Crippen LogP contribution >= 0.6 is 39.1 Å². The zero-order valence-corrected chi connectivity index (χ0v) is 23.6. The van der Waals surface area contributed by atoms with Crippen LogP contribution in [0.2, 0.25) is 10.0 Å². The van der Waals surface area contributed by atoms with Gasteiger partial charge in [0.05, 0.1) is 25.6 Å². The molecule has 1 heterocycles. The Hall–Kier alpha value is -2.42. The van der Waals surface area contributed by atoms with Gasteiger partial charge in [0.1, 0.15) is 10.6 Å². The Labute approximate surface area is 232 Å². The summed E-state index contributed by atoms with van der Waals surface area (Å²) in [5.41, 5.74) is -0.103. The SMILES string of the molecule is O=[N+]([O-])c1cc(S(=O)(=O)Nc2ccccc2Cl)ccc1N1CCN(S(=O)(=O)c2ccc(Br)cc2Cl)CC1. The number of sulfonamides is 2. The number of nitrogens with zero attached hydrogens (tertiary/aromatic N) is 3. The zero-order chi connectivity index (χ0) is 27.0. The number of nitro groups is 1. The van der Waals surface area contributed by atoms with E-state index in [0.717, 1.165) is 6.07 Å². The third-order valence-corrected chi connectivity index (χ3v) is 10.2. The van der Waals surface area contributed by atoms with Crippen LogP contribution in [-0.2, 0) is 20.0 Å². The maximum atomic E-state index is 13.1. The van der Waals surface area contributed by atoms with Crippen molar-refractivity contribution in [2.24, 2.45) is 0 Å². The van der Waals surface area contributed by atoms with Crippen molar-refractivity contribution in [3.05, 3.63) is 85.3 Å². The Kier molecular flexibility index (Phi) is 8.02. The molecule has 196 valence electrons. The van der Waals surface area contributed by atoms with Crippen molar-refractivity contribution < 1.29 is 21.8 Å². The van der Waals surface area contributed by atoms with E-state index in [1.165, 1.54) is 40.7 Å². The summed E-state index contributed by atoms with van der Waals surface area (Å²) in [7, 11) is -8.05. The first kappa shape index (κ1) is 27.6. The van der Waals surface area contributed by atoms with Crippen LogP contribution in [0.5, 0.6) is 0 Å². The van der Waals surface area contributed by atoms with Gasteiger partial charge in [0.15, 0.2) is 0 Å². The first-order valence-electron chi connectivity index (χ1n) is 10.7. The van der Waals surface area contributed by atoms with E-state index in [1.807, 2.05) is 0 Å². The van der Waals surface area contributed by atoms with E-state index in [-0.39, 0.29) is 57.4 Å². The minimum absolute atomic E-state index is 0.0302. The van der Waals surface area contributed by atoms with Crippen LogP contribution in [0, 0.1) is 10.1 Å². The lowest BCUT2D eigenvalue weighted by molar-refractivity contribution is -0.384. The summed E-state index contributed by atoms with van der Waals surface area (Å²) in [6.07, 6.45) is 0. The molecule has 1 aliphatic rings. The second-order valence-corrected chi connectivity index (χ2v) is 13.3. The van der Waals surface area contributed by atoms with Gasteiger partial charge in [0.2, 0.25) is 10.0 Å². The number of piperazine rings is 1. The van der Waals surface area contributed by atoms with Gasteiger partial charge in [-0.1, -0.05) is 51.3 Å². The molecule has 0 unspecified atom stereocenters. The molecule has 1 fully saturated rings. The molecule has 0 spiro atoms. The third kappa shape index (κ3) is 5.86. The lowest BCUT2D eigenvalue weighted by atomic mass is 10.2. The summed E-state index contributed by atoms with van der Waals surface area (Å²) in [4.78, 5) is 12.5. The lowest BCUT2D eigenvalue weighted by Crippen LogP contribution is -2.48. The van der Waals surface area contributed by atoms with Crippen LogP contribution in [-0.4, -0.2) is 52.2 Å². The normalized spacial score (nSPS) is 14.9. The summed E-state index contributed by atoms with van der Waals surface area (Å²) >= 11 is 15.4. The summed E-state index contributed by atoms with van der Waals surface area (Å²) < 4.78 is 56.1. The quantitative estimate of drug-likeness (QED) is 0.282. The first-order valence-corrected chi connectivity index (χ1v) is 15.1. The van der Waals surface area contributed by atoms with E-state index >= 15 is 0 Å². The van der Waals surface area contributed by atoms with Crippen molar-refractivity contribution in [3.63, 3.8) is 0 Å². The average molecular weight is 650 g/mol. The van der Waals surface area contributed by atoms with Crippen molar-refractivity contribution >= 4 is 76.2 Å². The second-order valence-electron chi connectivity index (χ2n) is 7.96. The minimum Gasteiger partial charge on any atom is -0.363 e. The van der Waals surface area contributed by atoms with Crippen LogP contribution in [0.1, 0.15) is 0 Å². The van der Waals surface area contributed by atoms with Gasteiger partial charge in [-0.2, -0.15) is 4.31 Å². The van der Waals surface area contributed by atoms with E-state index in [9.17, 15) is 26.9 Å². The monoisotopic (exact) mass is 648 g/mol. The molecule has 0 aromatic heterocycles. The highest BCUT2D eigenvalue weighted by Crippen LogP contribution is 2.34. The molecule has 0 amide bonds. The number of hydrogen-bond acceptors (Lipinski definition) is 7. The number of hydrogen-bond donors (Lipinski definition) is 1. The van der Waals surface area contributed by atoms with E-state index in [2.05, 4.69) is 20.7 Å². The van der Waals surface area contributed by atoms with E-state index in [0.29, 0.717) is 4.47 Å². The molecule has 37 heavy (non-hydrogen) atoms. The fraction of sp³-hybridized carbons (Fsp3) is 0.182. The van der Waals surface area contributed by atoms with Gasteiger partial charge in [0.25, 0.3) is 15.7 Å². The summed E-state index contributed by atoms with van der Waals surface area (Å²) in [5.74, 6) is 0. The molecule has 10 nitrogen and oxygen atoms in total. The van der Waals surface area contributed by atoms with Crippen LogP contribution < -0.4 is 9.62 Å². The second kappa shape index (κ2) is 10.8. The number of benzene rings is 3. The molecule has 1 saturated heterocycles. The molecule has 15 heteroatoms. The molecule has 3 aromatic carbocycles. The number of nitro benzene ring substituents is 1. The van der Waals surface area contributed by atoms with E-state index < -0.39 is 30.7 Å². The summed E-state index contributed by atoms with van der Waals surface area (Å²) in [6, 6.07) is 14.3. The minimum atomic E-state index is -4.17. The van der Waals surface area contributed by atoms with Gasteiger partial charge < -0.3 is 4.90 Å². The predicted molar refractivity (Wildman–Crippen MR) is 145 cm³/mol. The van der Waals surface area contributed by atoms with Crippen molar-refractivity contribution in [3.8, 4) is 0 Å². The molecule has 4 rings (SSSR count). The highest BCUT2D eigenvalue weighted by atomic mass is 79.9. The van der Waals surface area contributed by atoms with Gasteiger partial charge >= 0.3 is 0 Å². The molecule has 0 atom stereocenters. The molecule has 1 aliphatic heterocycles. The topological polar surface area (TPSA) is 130 Å². The fourth-order valence-electron chi connectivity index (χ4n) is 3.82. The van der Waals surface area contributed by atoms with Crippen LogP contribution in [0.15, 0.2) is 74.9 Å². The Morgan fingerprint density at radius 2 is 1.57 bits per heavy atom. The first-order chi connectivity index (χ1) is 17.4. The Morgan fingerprint density at radius 3 is 2.19 bits per heavy atom. The van der Waals surface area contributed by atoms with Crippen molar-refractivity contribution in [2.45, 2.75) is 9.79 Å². The predicted octanol–water partition coefficient (Wildman–Crippen LogP) is 4.98. The zero-order valence-electron chi connectivity index (χ0n) is 18.8. The van der Waals surface area contributed by atoms with Crippen LogP contribution in [0.3, 0.4) is 0 Å². The summed E-state index contributed by atoms with van der Waals surface area (Å²) in [5, 5.41) is 12.1. The Bertz CT molecular complexity index is 1580. The van der Waals surface area contributed by atoms with Crippen molar-refractivity contribution in [1.29, 1.82) is 0 Å². The Morgan fingerprint density at radius 1 is 0.892 bits per heavy atom. The van der Waals surface area contributed by atoms with E-state index in [1.54, 1.807) is 23.1 Å². The van der Waals surface area contributed by atoms with Crippen LogP contribution in [0.4, 0.5) is 17.1 Å².